The molecule has 2 saturated carbocycles. The molecule has 0 aromatic carbocycles. The maximum atomic E-state index is 12.8. The van der Waals surface area contributed by atoms with Gasteiger partial charge in [-0.25, -0.2) is 0 Å². The van der Waals surface area contributed by atoms with Gasteiger partial charge in [-0.1, -0.05) is 38.5 Å². The highest BCUT2D eigenvalue weighted by Crippen LogP contribution is 2.26. The second kappa shape index (κ2) is 13.8. The molecule has 3 fully saturated rings. The highest BCUT2D eigenvalue weighted by molar-refractivity contribution is 14.0. The molecule has 2 aliphatic carbocycles. The molecule has 3 rings (SSSR count). The fraction of sp³-hybridized carbons (Fsp3) is 0.913. The van der Waals surface area contributed by atoms with Gasteiger partial charge in [0.1, 0.15) is 0 Å². The molecule has 0 aromatic rings. The Morgan fingerprint density at radius 3 is 2.37 bits per heavy atom. The number of guanidine groups is 1. The Morgan fingerprint density at radius 1 is 1.03 bits per heavy atom. The summed E-state index contributed by atoms with van der Waals surface area (Å²) in [5, 5.41) is 7.01. The lowest BCUT2D eigenvalue weighted by molar-refractivity contribution is -0.135. The number of halogens is 1. The van der Waals surface area contributed by atoms with E-state index in [1.165, 1.54) is 51.4 Å². The van der Waals surface area contributed by atoms with Crippen LogP contribution in [-0.2, 0) is 4.79 Å². The molecule has 0 aromatic heterocycles. The van der Waals surface area contributed by atoms with E-state index in [0.717, 1.165) is 63.9 Å². The van der Waals surface area contributed by atoms with Crippen molar-refractivity contribution in [3.05, 3.63) is 0 Å². The average Bonchev–Trinajstić information content (AvgIpc) is 3.24. The Hall–Kier alpha value is -0.570. The normalized spacial score (nSPS) is 24.0. The summed E-state index contributed by atoms with van der Waals surface area (Å²) in [4.78, 5) is 21.8. The van der Waals surface area contributed by atoms with Crippen LogP contribution < -0.4 is 10.6 Å². The predicted octanol–water partition coefficient (Wildman–Crippen LogP) is 3.61. The van der Waals surface area contributed by atoms with Gasteiger partial charge in [-0.15, -0.1) is 24.0 Å². The summed E-state index contributed by atoms with van der Waals surface area (Å²) in [6, 6.07) is 1.10. The molecule has 3 aliphatic rings. The second-order valence-corrected chi connectivity index (χ2v) is 9.37. The van der Waals surface area contributed by atoms with Crippen molar-refractivity contribution in [1.29, 1.82) is 0 Å². The van der Waals surface area contributed by atoms with E-state index >= 15 is 0 Å². The number of hydrogen-bond donors (Lipinski definition) is 2. The van der Waals surface area contributed by atoms with E-state index in [9.17, 15) is 4.79 Å². The third kappa shape index (κ3) is 7.84. The SMILES string of the molecule is CN=C(NCCCN(C)C1CCCCC1)NC1CCN(C(=O)C2CCCCC2)C1.I. The predicted molar refractivity (Wildman–Crippen MR) is 136 cm³/mol. The molecule has 174 valence electrons. The quantitative estimate of drug-likeness (QED) is 0.227. The molecule has 6 nitrogen and oxygen atoms in total. The Balaban J connectivity index is 0.00000320. The number of carbonyl (C=O) groups is 1. The van der Waals surface area contributed by atoms with Gasteiger partial charge >= 0.3 is 0 Å². The number of carbonyl (C=O) groups excluding carboxylic acids is 1. The number of nitrogens with zero attached hydrogens (tertiary/aromatic N) is 3. The van der Waals surface area contributed by atoms with Crippen molar-refractivity contribution in [2.75, 3.05) is 40.3 Å². The largest absolute Gasteiger partial charge is 0.356 e. The van der Waals surface area contributed by atoms with E-state index in [1.807, 2.05) is 7.05 Å². The highest BCUT2D eigenvalue weighted by atomic mass is 127. The van der Waals surface area contributed by atoms with Crippen molar-refractivity contribution in [1.82, 2.24) is 20.4 Å². The number of nitrogens with one attached hydrogen (secondary N) is 2. The van der Waals surface area contributed by atoms with E-state index in [2.05, 4.69) is 32.5 Å². The minimum absolute atomic E-state index is 0. The molecule has 1 amide bonds. The van der Waals surface area contributed by atoms with Crippen molar-refractivity contribution in [2.24, 2.45) is 10.9 Å². The summed E-state index contributed by atoms with van der Waals surface area (Å²) < 4.78 is 0. The number of aliphatic imine (C=N–C) groups is 1. The summed E-state index contributed by atoms with van der Waals surface area (Å²) in [6.45, 7) is 3.78. The topological polar surface area (TPSA) is 60.0 Å². The van der Waals surface area contributed by atoms with Gasteiger partial charge in [-0.2, -0.15) is 0 Å². The number of rotatable bonds is 7. The van der Waals surface area contributed by atoms with Crippen molar-refractivity contribution in [3.8, 4) is 0 Å². The Morgan fingerprint density at radius 2 is 1.70 bits per heavy atom. The zero-order valence-corrected chi connectivity index (χ0v) is 21.5. The fourth-order valence-electron chi connectivity index (χ4n) is 5.31. The first-order valence-corrected chi connectivity index (χ1v) is 12.1. The highest BCUT2D eigenvalue weighted by Gasteiger charge is 2.31. The van der Waals surface area contributed by atoms with Crippen LogP contribution in [-0.4, -0.2) is 74.0 Å². The van der Waals surface area contributed by atoms with Gasteiger partial charge in [-0.05, 0) is 52.1 Å². The van der Waals surface area contributed by atoms with E-state index in [4.69, 9.17) is 0 Å². The smallest absolute Gasteiger partial charge is 0.225 e. The van der Waals surface area contributed by atoms with E-state index in [1.54, 1.807) is 0 Å². The van der Waals surface area contributed by atoms with E-state index < -0.39 is 0 Å². The minimum atomic E-state index is 0. The Kier molecular flexibility index (Phi) is 11.8. The third-order valence-corrected chi connectivity index (χ3v) is 7.20. The first-order valence-electron chi connectivity index (χ1n) is 12.1. The monoisotopic (exact) mass is 533 g/mol. The van der Waals surface area contributed by atoms with Crippen LogP contribution in [0.3, 0.4) is 0 Å². The molecule has 1 aliphatic heterocycles. The number of hydrogen-bond acceptors (Lipinski definition) is 3. The molecule has 2 N–H and O–H groups in total. The van der Waals surface area contributed by atoms with Gasteiger partial charge in [-0.3, -0.25) is 9.79 Å². The van der Waals surface area contributed by atoms with Crippen molar-refractivity contribution >= 4 is 35.8 Å². The first-order chi connectivity index (χ1) is 14.2. The molecule has 0 spiro atoms. The van der Waals surface area contributed by atoms with Crippen LogP contribution in [0.2, 0.25) is 0 Å². The number of likely N-dealkylation sites (tertiary alicyclic amines) is 1. The molecule has 0 bridgehead atoms. The molecule has 30 heavy (non-hydrogen) atoms. The Bertz CT molecular complexity index is 532. The van der Waals surface area contributed by atoms with E-state index in [0.29, 0.717) is 11.9 Å². The van der Waals surface area contributed by atoms with Gasteiger partial charge < -0.3 is 20.4 Å². The van der Waals surface area contributed by atoms with Crippen LogP contribution >= 0.6 is 24.0 Å². The summed E-state index contributed by atoms with van der Waals surface area (Å²) in [6.07, 6.45) is 15.0. The summed E-state index contributed by atoms with van der Waals surface area (Å²) in [5.41, 5.74) is 0. The van der Waals surface area contributed by atoms with Crippen LogP contribution in [0, 0.1) is 5.92 Å². The van der Waals surface area contributed by atoms with Crippen LogP contribution in [0.5, 0.6) is 0 Å². The van der Waals surface area contributed by atoms with E-state index in [-0.39, 0.29) is 29.9 Å². The summed E-state index contributed by atoms with van der Waals surface area (Å²) in [7, 11) is 4.11. The molecule has 0 radical (unpaired) electrons. The lowest BCUT2D eigenvalue weighted by Gasteiger charge is -2.31. The average molecular weight is 534 g/mol. The van der Waals surface area contributed by atoms with Crippen molar-refractivity contribution in [2.45, 2.75) is 89.1 Å². The number of amides is 1. The lowest BCUT2D eigenvalue weighted by Crippen LogP contribution is -2.46. The van der Waals surface area contributed by atoms with Crippen molar-refractivity contribution < 1.29 is 4.79 Å². The van der Waals surface area contributed by atoms with Gasteiger partial charge in [0.15, 0.2) is 5.96 Å². The van der Waals surface area contributed by atoms with Gasteiger partial charge in [0.05, 0.1) is 0 Å². The molecular weight excluding hydrogens is 489 g/mol. The van der Waals surface area contributed by atoms with Gasteiger partial charge in [0, 0.05) is 44.7 Å². The van der Waals surface area contributed by atoms with Crippen LogP contribution in [0.15, 0.2) is 4.99 Å². The van der Waals surface area contributed by atoms with Gasteiger partial charge in [0.25, 0.3) is 0 Å². The Labute approximate surface area is 201 Å². The molecule has 1 atom stereocenters. The summed E-state index contributed by atoms with van der Waals surface area (Å²) in [5.74, 6) is 1.55. The maximum absolute atomic E-state index is 12.8. The van der Waals surface area contributed by atoms with Crippen LogP contribution in [0.1, 0.15) is 77.0 Å². The molecule has 7 heteroatoms. The zero-order chi connectivity index (χ0) is 20.5. The maximum Gasteiger partial charge on any atom is 0.225 e. The molecule has 1 heterocycles. The summed E-state index contributed by atoms with van der Waals surface area (Å²) >= 11 is 0. The van der Waals surface area contributed by atoms with Crippen molar-refractivity contribution in [3.63, 3.8) is 0 Å². The first kappa shape index (κ1) is 25.7. The molecule has 1 saturated heterocycles. The molecular formula is C23H44IN5O. The van der Waals surface area contributed by atoms with Crippen LogP contribution in [0.4, 0.5) is 0 Å². The molecule has 1 unspecified atom stereocenters. The van der Waals surface area contributed by atoms with Crippen LogP contribution in [0.25, 0.3) is 0 Å². The third-order valence-electron chi connectivity index (χ3n) is 7.20. The zero-order valence-electron chi connectivity index (χ0n) is 19.2. The van der Waals surface area contributed by atoms with Gasteiger partial charge in [0.2, 0.25) is 5.91 Å². The lowest BCUT2D eigenvalue weighted by atomic mass is 9.88. The second-order valence-electron chi connectivity index (χ2n) is 9.37. The standard InChI is InChI=1S/C23H43N5O.HI/c1-24-23(25-15-9-16-27(2)21-12-7-4-8-13-21)26-20-14-17-28(18-20)22(29)19-10-5-3-6-11-19;/h19-21H,3-18H2,1-2H3,(H2,24,25,26);1H. The minimum Gasteiger partial charge on any atom is -0.356 e. The fourth-order valence-corrected chi connectivity index (χ4v) is 5.31.